The first kappa shape index (κ1) is 28.0. The molecule has 0 unspecified atom stereocenters. The van der Waals surface area contributed by atoms with Gasteiger partial charge in [0.05, 0.1) is 6.61 Å². The number of aliphatic imine (C=N–C) groups is 1. The molecule has 1 aromatic rings. The molecule has 178 valence electrons. The second-order valence-corrected chi connectivity index (χ2v) is 8.58. The standard InChI is InChI=1S/C24H42N4O2.HI/c1-5-29-18-15-24(13-6-7-14-24)20-27-23(25-2)26-19-21-9-11-22(12-10-21)30-17-8-16-28(3)4;/h9-12H,5-8,13-20H2,1-4H3,(H2,25,26,27);1H. The molecule has 0 aliphatic heterocycles. The molecule has 1 aromatic carbocycles. The highest BCUT2D eigenvalue weighted by Crippen LogP contribution is 2.40. The van der Waals surface area contributed by atoms with Crippen LogP contribution >= 0.6 is 24.0 Å². The fourth-order valence-electron chi connectivity index (χ4n) is 4.03. The molecule has 0 spiro atoms. The van der Waals surface area contributed by atoms with Crippen LogP contribution in [0.5, 0.6) is 5.75 Å². The SMILES string of the molecule is CCOCCC1(CNC(=NC)NCc2ccc(OCCCN(C)C)cc2)CCCC1.I. The number of nitrogens with zero attached hydrogens (tertiary/aromatic N) is 2. The molecule has 0 bridgehead atoms. The Bertz CT molecular complexity index is 617. The lowest BCUT2D eigenvalue weighted by atomic mass is 9.83. The van der Waals surface area contributed by atoms with Crippen molar-refractivity contribution in [3.05, 3.63) is 29.8 Å². The molecule has 7 heteroatoms. The first-order valence-electron chi connectivity index (χ1n) is 11.5. The molecule has 2 rings (SSSR count). The molecule has 0 heterocycles. The van der Waals surface area contributed by atoms with E-state index in [0.717, 1.165) is 64.0 Å². The van der Waals surface area contributed by atoms with Crippen LogP contribution in [0.3, 0.4) is 0 Å². The second kappa shape index (κ2) is 15.7. The number of rotatable bonds is 13. The number of hydrogen-bond donors (Lipinski definition) is 2. The molecule has 1 aliphatic carbocycles. The molecule has 0 atom stereocenters. The lowest BCUT2D eigenvalue weighted by Crippen LogP contribution is -2.43. The number of guanidine groups is 1. The first-order valence-corrected chi connectivity index (χ1v) is 11.5. The lowest BCUT2D eigenvalue weighted by Gasteiger charge is -2.30. The first-order chi connectivity index (χ1) is 14.6. The van der Waals surface area contributed by atoms with Gasteiger partial charge in [-0.2, -0.15) is 0 Å². The van der Waals surface area contributed by atoms with E-state index in [1.807, 2.05) is 19.2 Å². The minimum absolute atomic E-state index is 0. The maximum atomic E-state index is 5.81. The minimum atomic E-state index is 0. The number of nitrogens with one attached hydrogen (secondary N) is 2. The third-order valence-corrected chi connectivity index (χ3v) is 5.90. The van der Waals surface area contributed by atoms with Gasteiger partial charge in [0.15, 0.2) is 5.96 Å². The molecule has 1 aliphatic rings. The summed E-state index contributed by atoms with van der Waals surface area (Å²) in [7, 11) is 6.00. The van der Waals surface area contributed by atoms with Gasteiger partial charge in [0.1, 0.15) is 5.75 Å². The third-order valence-electron chi connectivity index (χ3n) is 5.90. The quantitative estimate of drug-likeness (QED) is 0.167. The molecule has 6 nitrogen and oxygen atoms in total. The number of ether oxygens (including phenoxy) is 2. The summed E-state index contributed by atoms with van der Waals surface area (Å²) in [6.45, 7) is 7.21. The fraction of sp³-hybridized carbons (Fsp3) is 0.708. The van der Waals surface area contributed by atoms with E-state index < -0.39 is 0 Å². The van der Waals surface area contributed by atoms with Gasteiger partial charge in [-0.15, -0.1) is 24.0 Å². The van der Waals surface area contributed by atoms with Gasteiger partial charge in [0, 0.05) is 39.9 Å². The molecule has 2 N–H and O–H groups in total. The number of hydrogen-bond acceptors (Lipinski definition) is 4. The largest absolute Gasteiger partial charge is 0.494 e. The van der Waals surface area contributed by atoms with E-state index in [4.69, 9.17) is 9.47 Å². The van der Waals surface area contributed by atoms with E-state index in [1.54, 1.807) is 0 Å². The van der Waals surface area contributed by atoms with Crippen LogP contribution in [0.25, 0.3) is 0 Å². The smallest absolute Gasteiger partial charge is 0.191 e. The van der Waals surface area contributed by atoms with Gasteiger partial charge in [0.2, 0.25) is 0 Å². The summed E-state index contributed by atoms with van der Waals surface area (Å²) in [5, 5.41) is 7.00. The third kappa shape index (κ3) is 10.9. The van der Waals surface area contributed by atoms with Crippen molar-refractivity contribution in [3.8, 4) is 5.75 Å². The molecule has 1 fully saturated rings. The van der Waals surface area contributed by atoms with Crippen LogP contribution in [0.1, 0.15) is 51.0 Å². The predicted molar refractivity (Wildman–Crippen MR) is 141 cm³/mol. The van der Waals surface area contributed by atoms with Gasteiger partial charge in [-0.3, -0.25) is 4.99 Å². The van der Waals surface area contributed by atoms with Crippen LogP contribution < -0.4 is 15.4 Å². The van der Waals surface area contributed by atoms with Gasteiger partial charge in [-0.1, -0.05) is 25.0 Å². The highest BCUT2D eigenvalue weighted by atomic mass is 127. The molecule has 0 saturated heterocycles. The normalized spacial score (nSPS) is 15.6. The highest BCUT2D eigenvalue weighted by Gasteiger charge is 2.33. The Kier molecular flexibility index (Phi) is 14.2. The highest BCUT2D eigenvalue weighted by molar-refractivity contribution is 14.0. The molecular weight excluding hydrogens is 503 g/mol. The summed E-state index contributed by atoms with van der Waals surface area (Å²) < 4.78 is 11.4. The molecule has 0 radical (unpaired) electrons. The Morgan fingerprint density at radius 2 is 1.81 bits per heavy atom. The maximum absolute atomic E-state index is 5.81. The summed E-state index contributed by atoms with van der Waals surface area (Å²) in [6.07, 6.45) is 7.36. The van der Waals surface area contributed by atoms with E-state index >= 15 is 0 Å². The number of benzene rings is 1. The molecule has 0 aromatic heterocycles. The van der Waals surface area contributed by atoms with E-state index in [0.29, 0.717) is 5.41 Å². The Labute approximate surface area is 206 Å². The van der Waals surface area contributed by atoms with Crippen LogP contribution in [-0.2, 0) is 11.3 Å². The zero-order valence-electron chi connectivity index (χ0n) is 19.9. The van der Waals surface area contributed by atoms with Crippen LogP contribution in [0.4, 0.5) is 0 Å². The molecule has 31 heavy (non-hydrogen) atoms. The summed E-state index contributed by atoms with van der Waals surface area (Å²) >= 11 is 0. The zero-order valence-corrected chi connectivity index (χ0v) is 22.2. The van der Waals surface area contributed by atoms with E-state index in [9.17, 15) is 0 Å². The topological polar surface area (TPSA) is 58.1 Å². The van der Waals surface area contributed by atoms with Crippen molar-refractivity contribution in [1.82, 2.24) is 15.5 Å². The van der Waals surface area contributed by atoms with Gasteiger partial charge in [-0.25, -0.2) is 0 Å². The van der Waals surface area contributed by atoms with Gasteiger partial charge in [0.25, 0.3) is 0 Å². The van der Waals surface area contributed by atoms with E-state index in [1.165, 1.54) is 31.2 Å². The Morgan fingerprint density at radius 3 is 2.42 bits per heavy atom. The molecule has 1 saturated carbocycles. The van der Waals surface area contributed by atoms with E-state index in [-0.39, 0.29) is 24.0 Å². The summed E-state index contributed by atoms with van der Waals surface area (Å²) in [5.74, 6) is 1.79. The van der Waals surface area contributed by atoms with Crippen molar-refractivity contribution in [2.24, 2.45) is 10.4 Å². The molecule has 0 amide bonds. The average molecular weight is 547 g/mol. The van der Waals surface area contributed by atoms with Crippen molar-refractivity contribution in [2.75, 3.05) is 54.1 Å². The minimum Gasteiger partial charge on any atom is -0.494 e. The van der Waals surface area contributed by atoms with Crippen LogP contribution in [0, 0.1) is 5.41 Å². The van der Waals surface area contributed by atoms with Gasteiger partial charge >= 0.3 is 0 Å². The summed E-state index contributed by atoms with van der Waals surface area (Å²) in [4.78, 5) is 6.58. The van der Waals surface area contributed by atoms with Gasteiger partial charge < -0.3 is 25.0 Å². The van der Waals surface area contributed by atoms with Crippen molar-refractivity contribution in [3.63, 3.8) is 0 Å². The lowest BCUT2D eigenvalue weighted by molar-refractivity contribution is 0.105. The van der Waals surface area contributed by atoms with Gasteiger partial charge in [-0.05, 0) is 69.8 Å². The molecular formula is C24H43IN4O2. The van der Waals surface area contributed by atoms with Crippen molar-refractivity contribution in [2.45, 2.75) is 52.0 Å². The summed E-state index contributed by atoms with van der Waals surface area (Å²) in [6, 6.07) is 8.32. The monoisotopic (exact) mass is 546 g/mol. The van der Waals surface area contributed by atoms with Crippen molar-refractivity contribution in [1.29, 1.82) is 0 Å². The Hall–Kier alpha value is -1.06. The summed E-state index contributed by atoms with van der Waals surface area (Å²) in [5.41, 5.74) is 1.56. The Balaban J connectivity index is 0.00000480. The number of halogens is 1. The van der Waals surface area contributed by atoms with E-state index in [2.05, 4.69) is 53.7 Å². The maximum Gasteiger partial charge on any atom is 0.191 e. The van der Waals surface area contributed by atoms with Crippen LogP contribution in [0.15, 0.2) is 29.3 Å². The fourth-order valence-corrected chi connectivity index (χ4v) is 4.03. The Morgan fingerprint density at radius 1 is 1.10 bits per heavy atom. The average Bonchev–Trinajstić information content (AvgIpc) is 3.21. The van der Waals surface area contributed by atoms with Crippen LogP contribution in [0.2, 0.25) is 0 Å². The van der Waals surface area contributed by atoms with Crippen molar-refractivity contribution < 1.29 is 9.47 Å². The van der Waals surface area contributed by atoms with Crippen molar-refractivity contribution >= 4 is 29.9 Å². The zero-order chi connectivity index (χ0) is 21.7. The second-order valence-electron chi connectivity index (χ2n) is 8.58. The van der Waals surface area contributed by atoms with Crippen LogP contribution in [-0.4, -0.2) is 64.9 Å². The predicted octanol–water partition coefficient (Wildman–Crippen LogP) is 4.29.